The summed E-state index contributed by atoms with van der Waals surface area (Å²) in [5.41, 5.74) is -0.810. The van der Waals surface area contributed by atoms with Crippen LogP contribution < -0.4 is 0 Å². The zero-order valence-electron chi connectivity index (χ0n) is 9.27. The smallest absolute Gasteiger partial charge is 0.252 e. The van der Waals surface area contributed by atoms with Gasteiger partial charge in [0.1, 0.15) is 4.21 Å². The van der Waals surface area contributed by atoms with E-state index >= 15 is 0 Å². The summed E-state index contributed by atoms with van der Waals surface area (Å²) >= 11 is 4.38. The van der Waals surface area contributed by atoms with Crippen LogP contribution in [0.25, 0.3) is 0 Å². The van der Waals surface area contributed by atoms with Gasteiger partial charge >= 0.3 is 0 Å². The molecule has 0 radical (unpaired) electrons. The lowest BCUT2D eigenvalue weighted by Crippen LogP contribution is -2.47. The number of hydrogen-bond acceptors (Lipinski definition) is 4. The lowest BCUT2D eigenvalue weighted by atomic mass is 10.1. The molecule has 0 fully saturated rings. The van der Waals surface area contributed by atoms with Gasteiger partial charge in [-0.1, -0.05) is 0 Å². The Bertz CT molecular complexity index is 467. The predicted octanol–water partition coefficient (Wildman–Crippen LogP) is 1.90. The van der Waals surface area contributed by atoms with Crippen LogP contribution in [0.2, 0.25) is 0 Å². The van der Waals surface area contributed by atoms with Crippen LogP contribution in [0.5, 0.6) is 0 Å². The maximum Gasteiger partial charge on any atom is 0.252 e. The van der Waals surface area contributed by atoms with E-state index in [1.165, 1.54) is 11.4 Å². The molecule has 0 saturated carbocycles. The second-order valence-electron chi connectivity index (χ2n) is 4.00. The molecule has 1 aromatic rings. The summed E-state index contributed by atoms with van der Waals surface area (Å²) in [7, 11) is -2.05. The number of aliphatic hydroxyl groups is 1. The van der Waals surface area contributed by atoms with Gasteiger partial charge in [-0.2, -0.15) is 4.31 Å². The normalized spacial score (nSPS) is 13.4. The van der Waals surface area contributed by atoms with Gasteiger partial charge in [0.15, 0.2) is 0 Å². The molecule has 16 heavy (non-hydrogen) atoms. The summed E-state index contributed by atoms with van der Waals surface area (Å²) in [6, 6.07) is 3.24. The fourth-order valence-corrected chi connectivity index (χ4v) is 4.68. The first-order valence-electron chi connectivity index (χ1n) is 4.57. The lowest BCUT2D eigenvalue weighted by molar-refractivity contribution is 0.138. The van der Waals surface area contributed by atoms with E-state index in [1.807, 2.05) is 0 Å². The van der Waals surface area contributed by atoms with E-state index in [-0.39, 0.29) is 10.8 Å². The van der Waals surface area contributed by atoms with Gasteiger partial charge in [-0.15, -0.1) is 11.3 Å². The third-order valence-electron chi connectivity index (χ3n) is 2.40. The minimum Gasteiger partial charge on any atom is -0.394 e. The minimum atomic E-state index is -3.53. The maximum absolute atomic E-state index is 12.2. The summed E-state index contributed by atoms with van der Waals surface area (Å²) in [6.07, 6.45) is 0. The van der Waals surface area contributed by atoms with Gasteiger partial charge in [-0.3, -0.25) is 0 Å². The van der Waals surface area contributed by atoms with E-state index in [1.54, 1.807) is 26.0 Å². The van der Waals surface area contributed by atoms with E-state index in [2.05, 4.69) is 15.9 Å². The van der Waals surface area contributed by atoms with Crippen molar-refractivity contribution in [2.24, 2.45) is 0 Å². The molecule has 0 saturated heterocycles. The van der Waals surface area contributed by atoms with Crippen LogP contribution in [0.3, 0.4) is 0 Å². The highest BCUT2D eigenvalue weighted by Crippen LogP contribution is 2.30. The second kappa shape index (κ2) is 4.73. The second-order valence-corrected chi connectivity index (χ2v) is 8.66. The quantitative estimate of drug-likeness (QED) is 0.918. The van der Waals surface area contributed by atoms with Crippen molar-refractivity contribution < 1.29 is 13.5 Å². The first kappa shape index (κ1) is 14.1. The van der Waals surface area contributed by atoms with Crippen molar-refractivity contribution in [1.29, 1.82) is 0 Å². The molecule has 0 aliphatic carbocycles. The Balaban J connectivity index is 3.13. The summed E-state index contributed by atoms with van der Waals surface area (Å²) in [6.45, 7) is 3.12. The van der Waals surface area contributed by atoms with Crippen molar-refractivity contribution in [1.82, 2.24) is 4.31 Å². The van der Waals surface area contributed by atoms with Crippen LogP contribution in [0.15, 0.2) is 20.1 Å². The Morgan fingerprint density at radius 2 is 2.06 bits per heavy atom. The number of aliphatic hydroxyl groups excluding tert-OH is 1. The molecule has 7 heteroatoms. The van der Waals surface area contributed by atoms with Crippen LogP contribution in [0, 0.1) is 0 Å². The highest BCUT2D eigenvalue weighted by Gasteiger charge is 2.34. The molecular weight excluding hydrogens is 314 g/mol. The summed E-state index contributed by atoms with van der Waals surface area (Å²) < 4.78 is 26.5. The number of thiophene rings is 1. The van der Waals surface area contributed by atoms with Crippen LogP contribution >= 0.6 is 27.3 Å². The molecule has 0 unspecified atom stereocenters. The topological polar surface area (TPSA) is 57.6 Å². The number of halogens is 1. The Kier molecular flexibility index (Phi) is 4.18. The molecule has 0 bridgehead atoms. The first-order valence-corrected chi connectivity index (χ1v) is 7.62. The summed E-state index contributed by atoms with van der Waals surface area (Å²) in [5.74, 6) is 0. The Labute approximate surface area is 108 Å². The van der Waals surface area contributed by atoms with Crippen molar-refractivity contribution in [2.45, 2.75) is 23.6 Å². The largest absolute Gasteiger partial charge is 0.394 e. The highest BCUT2D eigenvalue weighted by molar-refractivity contribution is 9.11. The third-order valence-corrected chi connectivity index (χ3v) is 6.56. The van der Waals surface area contributed by atoms with Gasteiger partial charge in [0.05, 0.1) is 15.9 Å². The van der Waals surface area contributed by atoms with Crippen LogP contribution in [-0.4, -0.2) is 37.0 Å². The predicted molar refractivity (Wildman–Crippen MR) is 68.1 cm³/mol. The molecule has 0 spiro atoms. The van der Waals surface area contributed by atoms with Gasteiger partial charge in [0.2, 0.25) is 0 Å². The fourth-order valence-electron chi connectivity index (χ4n) is 0.996. The lowest BCUT2D eigenvalue weighted by Gasteiger charge is -2.32. The number of rotatable bonds is 4. The summed E-state index contributed by atoms with van der Waals surface area (Å²) in [4.78, 5) is 0. The fraction of sp³-hybridized carbons (Fsp3) is 0.556. The van der Waals surface area contributed by atoms with Gasteiger partial charge in [-0.05, 0) is 41.9 Å². The molecule has 0 aliphatic rings. The third kappa shape index (κ3) is 2.65. The highest BCUT2D eigenvalue weighted by atomic mass is 79.9. The van der Waals surface area contributed by atoms with E-state index in [4.69, 9.17) is 5.11 Å². The summed E-state index contributed by atoms with van der Waals surface area (Å²) in [5, 5.41) is 9.17. The van der Waals surface area contributed by atoms with Gasteiger partial charge in [0, 0.05) is 7.05 Å². The van der Waals surface area contributed by atoms with Gasteiger partial charge in [-0.25, -0.2) is 8.42 Å². The zero-order chi connectivity index (χ0) is 12.6. The molecule has 0 amide bonds. The molecule has 1 heterocycles. The van der Waals surface area contributed by atoms with Crippen molar-refractivity contribution in [3.05, 3.63) is 15.9 Å². The molecule has 0 aliphatic heterocycles. The van der Waals surface area contributed by atoms with E-state index in [0.29, 0.717) is 0 Å². The van der Waals surface area contributed by atoms with E-state index in [0.717, 1.165) is 15.1 Å². The Morgan fingerprint density at radius 3 is 2.44 bits per heavy atom. The van der Waals surface area contributed by atoms with Crippen LogP contribution in [0.1, 0.15) is 13.8 Å². The molecule has 1 aromatic heterocycles. The molecule has 4 nitrogen and oxygen atoms in total. The van der Waals surface area contributed by atoms with Gasteiger partial charge < -0.3 is 5.11 Å². The van der Waals surface area contributed by atoms with Crippen LogP contribution in [0.4, 0.5) is 0 Å². The molecule has 92 valence electrons. The number of nitrogens with zero attached hydrogens (tertiary/aromatic N) is 1. The monoisotopic (exact) mass is 327 g/mol. The van der Waals surface area contributed by atoms with E-state index < -0.39 is 15.6 Å². The standard InChI is InChI=1S/C9H14BrNO3S2/c1-9(2,6-12)11(3)16(13,14)8-5-4-7(10)15-8/h4-5,12H,6H2,1-3H3. The number of sulfonamides is 1. The van der Waals surface area contributed by atoms with Crippen molar-refractivity contribution in [3.8, 4) is 0 Å². The molecular formula is C9H14BrNO3S2. The maximum atomic E-state index is 12.2. The number of likely N-dealkylation sites (N-methyl/N-ethyl adjacent to an activating group) is 1. The average molecular weight is 328 g/mol. The molecule has 0 aromatic carbocycles. The minimum absolute atomic E-state index is 0.227. The zero-order valence-corrected chi connectivity index (χ0v) is 12.5. The number of hydrogen-bond donors (Lipinski definition) is 1. The van der Waals surface area contributed by atoms with Crippen LogP contribution in [-0.2, 0) is 10.0 Å². The van der Waals surface area contributed by atoms with Gasteiger partial charge in [0.25, 0.3) is 10.0 Å². The van der Waals surface area contributed by atoms with Crippen molar-refractivity contribution in [2.75, 3.05) is 13.7 Å². The first-order chi connectivity index (χ1) is 7.21. The SMILES string of the molecule is CN(C(C)(C)CO)S(=O)(=O)c1ccc(Br)s1. The Hall–Kier alpha value is 0.0500. The molecule has 1 rings (SSSR count). The van der Waals surface area contributed by atoms with E-state index in [9.17, 15) is 8.42 Å². The van der Waals surface area contributed by atoms with Crippen molar-refractivity contribution in [3.63, 3.8) is 0 Å². The van der Waals surface area contributed by atoms with Crippen molar-refractivity contribution >= 4 is 37.3 Å². The molecule has 1 N–H and O–H groups in total. The molecule has 0 atom stereocenters. The Morgan fingerprint density at radius 1 is 1.50 bits per heavy atom. The average Bonchev–Trinajstić information content (AvgIpc) is 2.64.